The van der Waals surface area contributed by atoms with Crippen molar-refractivity contribution in [3.63, 3.8) is 0 Å². The molecule has 172 valence electrons. The Morgan fingerprint density at radius 3 is 2.36 bits per heavy atom. The number of benzene rings is 2. The van der Waals surface area contributed by atoms with Crippen LogP contribution in [0.15, 0.2) is 63.8 Å². The van der Waals surface area contributed by atoms with Crippen molar-refractivity contribution in [3.8, 4) is 11.3 Å². The molecule has 2 heterocycles. The van der Waals surface area contributed by atoms with Crippen LogP contribution in [0.2, 0.25) is 0 Å². The van der Waals surface area contributed by atoms with Gasteiger partial charge in [0.15, 0.2) is 4.34 Å². The van der Waals surface area contributed by atoms with Gasteiger partial charge in [0, 0.05) is 24.2 Å². The molecule has 4 rings (SSSR count). The topological polar surface area (TPSA) is 122 Å². The van der Waals surface area contributed by atoms with E-state index < -0.39 is 15.9 Å². The van der Waals surface area contributed by atoms with Gasteiger partial charge in [0.2, 0.25) is 15.9 Å². The maximum absolute atomic E-state index is 12.9. The largest absolute Gasteiger partial charge is 0.369 e. The normalized spacial score (nSPS) is 14.3. The van der Waals surface area contributed by atoms with Crippen molar-refractivity contribution in [2.24, 2.45) is 5.73 Å². The molecule has 0 spiro atoms. The second-order valence-corrected chi connectivity index (χ2v) is 11.5. The van der Waals surface area contributed by atoms with E-state index in [1.807, 2.05) is 30.3 Å². The van der Waals surface area contributed by atoms with Crippen LogP contribution in [0.25, 0.3) is 11.3 Å². The summed E-state index contributed by atoms with van der Waals surface area (Å²) in [4.78, 5) is 28.8. The summed E-state index contributed by atoms with van der Waals surface area (Å²) < 4.78 is 27.5. The number of rotatable bonds is 8. The summed E-state index contributed by atoms with van der Waals surface area (Å²) in [6, 6.07) is 15.3. The molecule has 11 heteroatoms. The highest BCUT2D eigenvalue weighted by Crippen LogP contribution is 2.37. The molecular weight excluding hydrogens is 480 g/mol. The van der Waals surface area contributed by atoms with E-state index in [9.17, 15) is 18.0 Å². The van der Waals surface area contributed by atoms with Crippen LogP contribution in [-0.4, -0.2) is 48.4 Å². The molecule has 0 aliphatic carbocycles. The number of hydrogen-bond donors (Lipinski definition) is 2. The van der Waals surface area contributed by atoms with E-state index in [1.165, 1.54) is 51.7 Å². The Bertz CT molecular complexity index is 1250. The molecule has 2 aromatic carbocycles. The Hall–Kier alpha value is -2.73. The number of hydrogen-bond acceptors (Lipinski definition) is 7. The maximum atomic E-state index is 12.9. The molecule has 8 nitrogen and oxygen atoms in total. The summed E-state index contributed by atoms with van der Waals surface area (Å²) in [6.45, 7) is 1.04. The Kier molecular flexibility index (Phi) is 7.13. The smallest absolute Gasteiger partial charge is 0.256 e. The van der Waals surface area contributed by atoms with Gasteiger partial charge in [-0.05, 0) is 37.1 Å². The number of nitrogens with one attached hydrogen (secondary N) is 1. The predicted molar refractivity (Wildman–Crippen MR) is 130 cm³/mol. The van der Waals surface area contributed by atoms with E-state index in [1.54, 1.807) is 0 Å². The van der Waals surface area contributed by atoms with Gasteiger partial charge in [0.05, 0.1) is 10.6 Å². The van der Waals surface area contributed by atoms with Gasteiger partial charge in [-0.15, -0.1) is 0 Å². The molecule has 1 aliphatic rings. The third-order valence-electron chi connectivity index (χ3n) is 5.04. The van der Waals surface area contributed by atoms with Crippen molar-refractivity contribution in [3.05, 3.63) is 60.2 Å². The summed E-state index contributed by atoms with van der Waals surface area (Å²) in [5.41, 5.74) is 6.98. The van der Waals surface area contributed by atoms with Gasteiger partial charge in [-0.2, -0.15) is 4.31 Å². The number of thioether (sulfide) groups is 1. The highest BCUT2D eigenvalue weighted by atomic mass is 32.2. The number of carbonyl (C=O) groups excluding carboxylic acids is 2. The van der Waals surface area contributed by atoms with Crippen LogP contribution in [0, 0.1) is 0 Å². The molecular formula is C22H22N4O4S3. The minimum atomic E-state index is -3.54. The Balaban J connectivity index is 1.55. The molecule has 1 saturated heterocycles. The predicted octanol–water partition coefficient (Wildman–Crippen LogP) is 3.42. The lowest BCUT2D eigenvalue weighted by atomic mass is 10.1. The van der Waals surface area contributed by atoms with E-state index in [-0.39, 0.29) is 16.6 Å². The molecule has 3 N–H and O–H groups in total. The Labute approximate surface area is 200 Å². The monoisotopic (exact) mass is 502 g/mol. The van der Waals surface area contributed by atoms with Crippen molar-refractivity contribution >= 4 is 49.9 Å². The molecule has 0 atom stereocenters. The van der Waals surface area contributed by atoms with Crippen LogP contribution in [0.5, 0.6) is 0 Å². The number of nitrogens with zero attached hydrogens (tertiary/aromatic N) is 2. The zero-order valence-electron chi connectivity index (χ0n) is 17.6. The van der Waals surface area contributed by atoms with Gasteiger partial charge < -0.3 is 11.1 Å². The van der Waals surface area contributed by atoms with Crippen molar-refractivity contribution < 1.29 is 18.0 Å². The number of nitrogens with two attached hydrogens (primary N) is 1. The van der Waals surface area contributed by atoms with Crippen LogP contribution in [0.4, 0.5) is 5.00 Å². The zero-order chi connectivity index (χ0) is 23.4. The van der Waals surface area contributed by atoms with Gasteiger partial charge in [0.25, 0.3) is 5.91 Å². The third-order valence-corrected chi connectivity index (χ3v) is 9.09. The molecule has 0 bridgehead atoms. The molecule has 0 radical (unpaired) electrons. The van der Waals surface area contributed by atoms with Crippen molar-refractivity contribution in [2.75, 3.05) is 24.2 Å². The number of carbonyl (C=O) groups is 2. The average molecular weight is 503 g/mol. The molecule has 1 aliphatic heterocycles. The summed E-state index contributed by atoms with van der Waals surface area (Å²) in [7, 11) is -3.54. The van der Waals surface area contributed by atoms with Crippen LogP contribution >= 0.6 is 23.1 Å². The number of sulfonamides is 1. The minimum absolute atomic E-state index is 0.0854. The Morgan fingerprint density at radius 1 is 1.06 bits per heavy atom. The molecule has 0 unspecified atom stereocenters. The second kappa shape index (κ2) is 10.0. The number of thiazole rings is 1. The number of aromatic nitrogens is 1. The van der Waals surface area contributed by atoms with E-state index in [0.717, 1.165) is 18.4 Å². The number of amides is 2. The van der Waals surface area contributed by atoms with Crippen LogP contribution in [-0.2, 0) is 14.8 Å². The van der Waals surface area contributed by atoms with Crippen molar-refractivity contribution in [1.29, 1.82) is 0 Å². The van der Waals surface area contributed by atoms with E-state index >= 15 is 0 Å². The first kappa shape index (κ1) is 23.4. The van der Waals surface area contributed by atoms with Gasteiger partial charge in [-0.3, -0.25) is 9.59 Å². The highest BCUT2D eigenvalue weighted by molar-refractivity contribution is 8.01. The maximum Gasteiger partial charge on any atom is 0.256 e. The molecule has 3 aromatic rings. The van der Waals surface area contributed by atoms with Crippen LogP contribution < -0.4 is 11.1 Å². The standard InChI is InChI=1S/C22H22N4O4S3/c23-18(27)14-31-22-24-19(15-6-2-1-3-7-15)21(32-22)25-20(28)16-8-10-17(11-9-16)33(29,30)26-12-4-5-13-26/h1-3,6-11H,4-5,12-14H2,(H2,23,27)(H,25,28). The zero-order valence-corrected chi connectivity index (χ0v) is 20.0. The van der Waals surface area contributed by atoms with Crippen molar-refractivity contribution in [1.82, 2.24) is 9.29 Å². The molecule has 33 heavy (non-hydrogen) atoms. The van der Waals surface area contributed by atoms with Gasteiger partial charge >= 0.3 is 0 Å². The van der Waals surface area contributed by atoms with Crippen molar-refractivity contribution in [2.45, 2.75) is 22.1 Å². The van der Waals surface area contributed by atoms with E-state index in [2.05, 4.69) is 10.3 Å². The molecule has 1 aromatic heterocycles. The first-order chi connectivity index (χ1) is 15.8. The summed E-state index contributed by atoms with van der Waals surface area (Å²) in [6.07, 6.45) is 1.72. The highest BCUT2D eigenvalue weighted by Gasteiger charge is 2.27. The first-order valence-electron chi connectivity index (χ1n) is 10.2. The van der Waals surface area contributed by atoms with Crippen LogP contribution in [0.3, 0.4) is 0 Å². The fraction of sp³-hybridized carbons (Fsp3) is 0.227. The summed E-state index contributed by atoms with van der Waals surface area (Å²) in [5.74, 6) is -0.749. The van der Waals surface area contributed by atoms with Gasteiger partial charge in [0.1, 0.15) is 10.7 Å². The first-order valence-corrected chi connectivity index (χ1v) is 13.5. The lowest BCUT2D eigenvalue weighted by molar-refractivity contribution is -0.115. The average Bonchev–Trinajstić information content (AvgIpc) is 3.49. The third kappa shape index (κ3) is 5.44. The molecule has 0 saturated carbocycles. The second-order valence-electron chi connectivity index (χ2n) is 7.37. The fourth-order valence-electron chi connectivity index (χ4n) is 3.40. The fourth-order valence-corrected chi connectivity index (χ4v) is 6.72. The van der Waals surface area contributed by atoms with E-state index in [0.29, 0.717) is 33.7 Å². The lowest BCUT2D eigenvalue weighted by Gasteiger charge is -2.15. The van der Waals surface area contributed by atoms with E-state index in [4.69, 9.17) is 5.73 Å². The minimum Gasteiger partial charge on any atom is -0.369 e. The quantitative estimate of drug-likeness (QED) is 0.455. The summed E-state index contributed by atoms with van der Waals surface area (Å²) >= 11 is 2.46. The van der Waals surface area contributed by atoms with Gasteiger partial charge in [-0.1, -0.05) is 53.4 Å². The van der Waals surface area contributed by atoms with Gasteiger partial charge in [-0.25, -0.2) is 13.4 Å². The lowest BCUT2D eigenvalue weighted by Crippen LogP contribution is -2.27. The summed E-state index contributed by atoms with van der Waals surface area (Å²) in [5, 5.41) is 3.41. The van der Waals surface area contributed by atoms with Crippen LogP contribution in [0.1, 0.15) is 23.2 Å². The molecule has 1 fully saturated rings. The molecule has 2 amide bonds. The SMILES string of the molecule is NC(=O)CSc1nc(-c2ccccc2)c(NC(=O)c2ccc(S(=O)(=O)N3CCCC3)cc2)s1. The number of primary amides is 1. The Morgan fingerprint density at radius 2 is 1.73 bits per heavy atom. The number of anilines is 1.